The fourth-order valence-electron chi connectivity index (χ4n) is 5.39. The Hall–Kier alpha value is -2.13. The zero-order chi connectivity index (χ0) is 22.0. The Morgan fingerprint density at radius 3 is 2.42 bits per heavy atom. The lowest BCUT2D eigenvalue weighted by molar-refractivity contribution is -0.126. The summed E-state index contributed by atoms with van der Waals surface area (Å²) < 4.78 is 22.7. The molecule has 31 heavy (non-hydrogen) atoms. The third kappa shape index (κ3) is 5.03. The molecule has 4 N–H and O–H groups in total. The lowest BCUT2D eigenvalue weighted by Gasteiger charge is -2.36. The van der Waals surface area contributed by atoms with Crippen molar-refractivity contribution in [2.24, 2.45) is 11.1 Å². The SMILES string of the molecule is NS(=O)(=O)c1ccc(CCNC(=O)[C@H]2[C@H]3CC[C@@H](C3)N2C(=O)NC2CCCCC2)cc1. The summed E-state index contributed by atoms with van der Waals surface area (Å²) in [7, 11) is -3.71. The number of nitrogens with two attached hydrogens (primary N) is 1. The number of sulfonamides is 1. The molecule has 3 fully saturated rings. The summed E-state index contributed by atoms with van der Waals surface area (Å²) in [4.78, 5) is 27.9. The van der Waals surface area contributed by atoms with Crippen LogP contribution in [-0.4, -0.2) is 49.9 Å². The van der Waals surface area contributed by atoms with Gasteiger partial charge >= 0.3 is 6.03 Å². The molecule has 3 amide bonds. The summed E-state index contributed by atoms with van der Waals surface area (Å²) in [5.74, 6) is 0.142. The van der Waals surface area contributed by atoms with Gasteiger partial charge in [-0.3, -0.25) is 4.79 Å². The minimum absolute atomic E-state index is 0.0712. The van der Waals surface area contributed by atoms with Gasteiger partial charge in [0.15, 0.2) is 0 Å². The second-order valence-electron chi connectivity index (χ2n) is 9.09. The van der Waals surface area contributed by atoms with Gasteiger partial charge in [-0.1, -0.05) is 31.4 Å². The second kappa shape index (κ2) is 9.16. The van der Waals surface area contributed by atoms with Gasteiger partial charge in [-0.15, -0.1) is 0 Å². The standard InChI is InChI=1S/C22H32N4O4S/c23-31(29,30)19-10-6-15(7-11-19)12-13-24-21(27)20-16-8-9-18(14-16)26(20)22(28)25-17-4-2-1-3-5-17/h6-7,10-11,16-18,20H,1-5,8-9,12-14H2,(H,24,27)(H,25,28)(H2,23,29,30)/t16-,18-,20+/m0/s1. The third-order valence-electron chi connectivity index (χ3n) is 6.99. The van der Waals surface area contributed by atoms with E-state index in [1.54, 1.807) is 17.0 Å². The van der Waals surface area contributed by atoms with E-state index in [1.165, 1.54) is 18.6 Å². The van der Waals surface area contributed by atoms with E-state index in [-0.39, 0.29) is 34.8 Å². The molecule has 1 aliphatic heterocycles. The van der Waals surface area contributed by atoms with E-state index in [9.17, 15) is 18.0 Å². The van der Waals surface area contributed by atoms with Crippen molar-refractivity contribution in [1.82, 2.24) is 15.5 Å². The van der Waals surface area contributed by atoms with Crippen LogP contribution in [0.1, 0.15) is 56.9 Å². The summed E-state index contributed by atoms with van der Waals surface area (Å²) in [5.41, 5.74) is 0.910. The van der Waals surface area contributed by atoms with Gasteiger partial charge in [0.25, 0.3) is 0 Å². The maximum atomic E-state index is 13.0. The number of carbonyl (C=O) groups is 2. The number of rotatable bonds is 6. The van der Waals surface area contributed by atoms with Crippen LogP contribution >= 0.6 is 0 Å². The second-order valence-corrected chi connectivity index (χ2v) is 10.7. The molecule has 3 aliphatic rings. The maximum Gasteiger partial charge on any atom is 0.318 e. The van der Waals surface area contributed by atoms with E-state index in [0.29, 0.717) is 13.0 Å². The fraction of sp³-hybridized carbons (Fsp3) is 0.636. The predicted octanol–water partition coefficient (Wildman–Crippen LogP) is 1.89. The van der Waals surface area contributed by atoms with Crippen molar-refractivity contribution in [3.8, 4) is 0 Å². The molecule has 0 radical (unpaired) electrons. The molecule has 1 aromatic rings. The van der Waals surface area contributed by atoms with E-state index in [1.807, 2.05) is 0 Å². The highest BCUT2D eigenvalue weighted by molar-refractivity contribution is 7.89. The molecule has 2 bridgehead atoms. The Morgan fingerprint density at radius 2 is 1.74 bits per heavy atom. The van der Waals surface area contributed by atoms with E-state index in [0.717, 1.165) is 50.5 Å². The number of piperidine rings is 1. The Labute approximate surface area is 184 Å². The summed E-state index contributed by atoms with van der Waals surface area (Å²) in [5, 5.41) is 11.3. The summed E-state index contributed by atoms with van der Waals surface area (Å²) in [6.07, 6.45) is 9.03. The largest absolute Gasteiger partial charge is 0.354 e. The van der Waals surface area contributed by atoms with Crippen LogP contribution in [0.25, 0.3) is 0 Å². The number of fused-ring (bicyclic) bond motifs is 2. The molecular weight excluding hydrogens is 416 g/mol. The average molecular weight is 449 g/mol. The summed E-state index contributed by atoms with van der Waals surface area (Å²) in [6.45, 7) is 0.430. The van der Waals surface area contributed by atoms with Crippen LogP contribution in [0.3, 0.4) is 0 Å². The van der Waals surface area contributed by atoms with Gasteiger partial charge in [0.05, 0.1) is 4.90 Å². The number of primary sulfonamides is 1. The molecule has 0 spiro atoms. The van der Waals surface area contributed by atoms with Crippen LogP contribution in [0, 0.1) is 5.92 Å². The van der Waals surface area contributed by atoms with Crippen molar-refractivity contribution in [3.05, 3.63) is 29.8 Å². The summed E-state index contributed by atoms with van der Waals surface area (Å²) >= 11 is 0. The van der Waals surface area contributed by atoms with Crippen molar-refractivity contribution < 1.29 is 18.0 Å². The molecule has 2 aliphatic carbocycles. The molecule has 4 rings (SSSR count). The monoisotopic (exact) mass is 448 g/mol. The van der Waals surface area contributed by atoms with Crippen molar-refractivity contribution in [1.29, 1.82) is 0 Å². The van der Waals surface area contributed by atoms with Gasteiger partial charge < -0.3 is 15.5 Å². The molecule has 1 saturated heterocycles. The van der Waals surface area contributed by atoms with Crippen LogP contribution < -0.4 is 15.8 Å². The smallest absolute Gasteiger partial charge is 0.318 e. The first kappa shape index (κ1) is 22.1. The van der Waals surface area contributed by atoms with Crippen molar-refractivity contribution in [2.45, 2.75) is 80.8 Å². The molecule has 3 atom stereocenters. The fourth-order valence-corrected chi connectivity index (χ4v) is 5.91. The predicted molar refractivity (Wildman–Crippen MR) is 117 cm³/mol. The normalized spacial score (nSPS) is 26.1. The highest BCUT2D eigenvalue weighted by Gasteiger charge is 2.51. The highest BCUT2D eigenvalue weighted by Crippen LogP contribution is 2.42. The number of likely N-dealkylation sites (tertiary alicyclic amines) is 1. The number of benzene rings is 1. The molecular formula is C22H32N4O4S. The van der Waals surface area contributed by atoms with Gasteiger partial charge in [-0.2, -0.15) is 0 Å². The van der Waals surface area contributed by atoms with Gasteiger partial charge in [0, 0.05) is 18.6 Å². The molecule has 1 heterocycles. The molecule has 9 heteroatoms. The summed E-state index contributed by atoms with van der Waals surface area (Å²) in [6, 6.07) is 6.25. The van der Waals surface area contributed by atoms with E-state index < -0.39 is 16.1 Å². The van der Waals surface area contributed by atoms with Crippen LogP contribution in [0.4, 0.5) is 4.79 Å². The Morgan fingerprint density at radius 1 is 1.03 bits per heavy atom. The Kier molecular flexibility index (Phi) is 6.52. The first-order valence-corrected chi connectivity index (χ1v) is 12.9. The first-order chi connectivity index (χ1) is 14.8. The molecule has 170 valence electrons. The van der Waals surface area contributed by atoms with Crippen molar-refractivity contribution >= 4 is 22.0 Å². The van der Waals surface area contributed by atoms with Gasteiger partial charge in [-0.05, 0) is 62.1 Å². The zero-order valence-corrected chi connectivity index (χ0v) is 18.6. The number of amides is 3. The van der Waals surface area contributed by atoms with Gasteiger partial charge in [0.2, 0.25) is 15.9 Å². The minimum Gasteiger partial charge on any atom is -0.354 e. The molecule has 2 saturated carbocycles. The van der Waals surface area contributed by atoms with E-state index >= 15 is 0 Å². The van der Waals surface area contributed by atoms with Crippen LogP contribution in [0.5, 0.6) is 0 Å². The number of nitrogens with one attached hydrogen (secondary N) is 2. The minimum atomic E-state index is -3.71. The van der Waals surface area contributed by atoms with Crippen LogP contribution in [0.15, 0.2) is 29.2 Å². The highest BCUT2D eigenvalue weighted by atomic mass is 32.2. The number of urea groups is 1. The van der Waals surface area contributed by atoms with Gasteiger partial charge in [0.1, 0.15) is 6.04 Å². The molecule has 0 unspecified atom stereocenters. The average Bonchev–Trinajstić information content (AvgIpc) is 3.36. The topological polar surface area (TPSA) is 122 Å². The number of carbonyl (C=O) groups excluding carboxylic acids is 2. The third-order valence-corrected chi connectivity index (χ3v) is 7.92. The van der Waals surface area contributed by atoms with Crippen molar-refractivity contribution in [2.75, 3.05) is 6.54 Å². The quantitative estimate of drug-likeness (QED) is 0.615. The lowest BCUT2D eigenvalue weighted by Crippen LogP contribution is -2.57. The Bertz CT molecular complexity index is 912. The number of hydrogen-bond donors (Lipinski definition) is 3. The van der Waals surface area contributed by atoms with Crippen LogP contribution in [0.2, 0.25) is 0 Å². The maximum absolute atomic E-state index is 13.0. The molecule has 0 aromatic heterocycles. The van der Waals surface area contributed by atoms with E-state index in [4.69, 9.17) is 5.14 Å². The van der Waals surface area contributed by atoms with E-state index in [2.05, 4.69) is 10.6 Å². The lowest BCUT2D eigenvalue weighted by atomic mass is 9.95. The van der Waals surface area contributed by atoms with Crippen LogP contribution in [-0.2, 0) is 21.2 Å². The zero-order valence-electron chi connectivity index (χ0n) is 17.8. The molecule has 1 aromatic carbocycles. The number of hydrogen-bond acceptors (Lipinski definition) is 4. The molecule has 8 nitrogen and oxygen atoms in total. The van der Waals surface area contributed by atoms with Crippen molar-refractivity contribution in [3.63, 3.8) is 0 Å². The first-order valence-electron chi connectivity index (χ1n) is 11.3. The Balaban J connectivity index is 1.32. The van der Waals surface area contributed by atoms with Gasteiger partial charge in [-0.25, -0.2) is 18.4 Å². The number of nitrogens with zero attached hydrogens (tertiary/aromatic N) is 1.